The molecule has 0 aliphatic heterocycles. The van der Waals surface area contributed by atoms with Crippen molar-refractivity contribution in [2.24, 2.45) is 0 Å². The van der Waals surface area contributed by atoms with Crippen molar-refractivity contribution >= 4 is 50.8 Å². The number of fused-ring (bicyclic) bond motifs is 1. The van der Waals surface area contributed by atoms with E-state index in [0.29, 0.717) is 11.6 Å². The van der Waals surface area contributed by atoms with Crippen molar-refractivity contribution in [3.63, 3.8) is 0 Å². The molecular weight excluding hydrogens is 352 g/mol. The molecule has 23 heavy (non-hydrogen) atoms. The minimum Gasteiger partial charge on any atom is -0.272 e. The molecule has 2 aromatic carbocycles. The van der Waals surface area contributed by atoms with Gasteiger partial charge in [0.15, 0.2) is 4.34 Å². The van der Waals surface area contributed by atoms with Crippen LogP contribution in [0.2, 0.25) is 5.02 Å². The minimum absolute atomic E-state index is 0.191. The fourth-order valence-corrected chi connectivity index (χ4v) is 3.87. The van der Waals surface area contributed by atoms with Gasteiger partial charge in [0.1, 0.15) is 0 Å². The van der Waals surface area contributed by atoms with Gasteiger partial charge in [-0.1, -0.05) is 53.7 Å². The SMILES string of the molecule is O=C(CSc1nc2cc(Cl)ccc2s1)NOCc1ccccc1. The first kappa shape index (κ1) is 16.3. The molecule has 0 spiro atoms. The first-order chi connectivity index (χ1) is 11.2. The van der Waals surface area contributed by atoms with Crippen molar-refractivity contribution in [2.45, 2.75) is 10.9 Å². The van der Waals surface area contributed by atoms with Gasteiger partial charge in [-0.05, 0) is 23.8 Å². The molecule has 0 saturated heterocycles. The van der Waals surface area contributed by atoms with Crippen LogP contribution in [0.15, 0.2) is 52.9 Å². The first-order valence-corrected chi connectivity index (χ1v) is 9.02. The summed E-state index contributed by atoms with van der Waals surface area (Å²) in [4.78, 5) is 21.4. The van der Waals surface area contributed by atoms with E-state index in [1.165, 1.54) is 11.8 Å². The molecule has 0 bridgehead atoms. The third kappa shape index (κ3) is 4.68. The van der Waals surface area contributed by atoms with Gasteiger partial charge in [0.25, 0.3) is 5.91 Å². The van der Waals surface area contributed by atoms with E-state index in [0.717, 1.165) is 20.1 Å². The number of thiazole rings is 1. The number of hydroxylamine groups is 1. The third-order valence-corrected chi connectivity index (χ3v) is 5.34. The number of amides is 1. The number of rotatable bonds is 6. The van der Waals surface area contributed by atoms with Gasteiger partial charge in [-0.2, -0.15) is 0 Å². The Balaban J connectivity index is 1.46. The van der Waals surface area contributed by atoms with Crippen molar-refractivity contribution in [2.75, 3.05) is 5.75 Å². The number of hydrogen-bond donors (Lipinski definition) is 1. The normalized spacial score (nSPS) is 10.8. The van der Waals surface area contributed by atoms with Crippen LogP contribution in [0.1, 0.15) is 5.56 Å². The molecule has 0 unspecified atom stereocenters. The molecule has 118 valence electrons. The van der Waals surface area contributed by atoms with Gasteiger partial charge in [-0.15, -0.1) is 11.3 Å². The van der Waals surface area contributed by atoms with Crippen LogP contribution in [-0.4, -0.2) is 16.6 Å². The quantitative estimate of drug-likeness (QED) is 0.523. The molecule has 0 fully saturated rings. The number of carbonyl (C=O) groups excluding carboxylic acids is 1. The second-order valence-electron chi connectivity index (χ2n) is 4.68. The largest absolute Gasteiger partial charge is 0.272 e. The Bertz CT molecular complexity index is 808. The second-order valence-corrected chi connectivity index (χ2v) is 7.37. The molecule has 0 saturated carbocycles. The molecule has 0 aliphatic rings. The van der Waals surface area contributed by atoms with Crippen molar-refractivity contribution in [3.8, 4) is 0 Å². The maximum atomic E-state index is 11.8. The Kier molecular flexibility index (Phi) is 5.51. The van der Waals surface area contributed by atoms with Crippen LogP contribution in [0.3, 0.4) is 0 Å². The highest BCUT2D eigenvalue weighted by Crippen LogP contribution is 2.30. The maximum Gasteiger partial charge on any atom is 0.253 e. The highest BCUT2D eigenvalue weighted by Gasteiger charge is 2.08. The number of hydrogen-bond acceptors (Lipinski definition) is 5. The van der Waals surface area contributed by atoms with E-state index in [-0.39, 0.29) is 11.7 Å². The highest BCUT2D eigenvalue weighted by atomic mass is 35.5. The van der Waals surface area contributed by atoms with Crippen LogP contribution in [0, 0.1) is 0 Å². The Labute approximate surface area is 146 Å². The van der Waals surface area contributed by atoms with Gasteiger partial charge in [0, 0.05) is 5.02 Å². The van der Waals surface area contributed by atoms with Crippen molar-refractivity contribution in [3.05, 3.63) is 59.1 Å². The van der Waals surface area contributed by atoms with Gasteiger partial charge >= 0.3 is 0 Å². The predicted octanol–water partition coefficient (Wildman–Crippen LogP) is 4.29. The molecule has 1 N–H and O–H groups in total. The molecule has 7 heteroatoms. The number of benzene rings is 2. The molecule has 1 amide bonds. The van der Waals surface area contributed by atoms with E-state index >= 15 is 0 Å². The summed E-state index contributed by atoms with van der Waals surface area (Å²) in [7, 11) is 0. The van der Waals surface area contributed by atoms with Gasteiger partial charge in [0.05, 0.1) is 22.6 Å². The number of nitrogens with zero attached hydrogens (tertiary/aromatic N) is 1. The number of aromatic nitrogens is 1. The van der Waals surface area contributed by atoms with E-state index in [1.54, 1.807) is 11.3 Å². The fourth-order valence-electron chi connectivity index (χ4n) is 1.87. The van der Waals surface area contributed by atoms with Crippen molar-refractivity contribution < 1.29 is 9.63 Å². The molecule has 3 aromatic rings. The number of carbonyl (C=O) groups is 1. The topological polar surface area (TPSA) is 51.2 Å². The summed E-state index contributed by atoms with van der Waals surface area (Å²) in [6, 6.07) is 15.2. The molecule has 0 aliphatic carbocycles. The third-order valence-electron chi connectivity index (χ3n) is 2.92. The summed E-state index contributed by atoms with van der Waals surface area (Å²) in [6.07, 6.45) is 0. The molecule has 3 rings (SSSR count). The monoisotopic (exact) mass is 364 g/mol. The summed E-state index contributed by atoms with van der Waals surface area (Å²) in [6.45, 7) is 0.344. The summed E-state index contributed by atoms with van der Waals surface area (Å²) < 4.78 is 1.89. The maximum absolute atomic E-state index is 11.8. The number of halogens is 1. The lowest BCUT2D eigenvalue weighted by atomic mass is 10.2. The van der Waals surface area contributed by atoms with Crippen LogP contribution in [0.5, 0.6) is 0 Å². The molecule has 4 nitrogen and oxygen atoms in total. The molecule has 1 aromatic heterocycles. The highest BCUT2D eigenvalue weighted by molar-refractivity contribution is 8.01. The van der Waals surface area contributed by atoms with E-state index < -0.39 is 0 Å². The Hall–Kier alpha value is -1.60. The van der Waals surface area contributed by atoms with Crippen molar-refractivity contribution in [1.29, 1.82) is 0 Å². The van der Waals surface area contributed by atoms with Crippen LogP contribution < -0.4 is 5.48 Å². The van der Waals surface area contributed by atoms with Crippen LogP contribution in [-0.2, 0) is 16.2 Å². The first-order valence-electron chi connectivity index (χ1n) is 6.84. The number of thioether (sulfide) groups is 1. The van der Waals surface area contributed by atoms with Gasteiger partial charge in [0.2, 0.25) is 0 Å². The van der Waals surface area contributed by atoms with E-state index in [4.69, 9.17) is 16.4 Å². The fraction of sp³-hybridized carbons (Fsp3) is 0.125. The predicted molar refractivity (Wildman–Crippen MR) is 94.7 cm³/mol. The van der Waals surface area contributed by atoms with E-state index in [1.807, 2.05) is 48.5 Å². The summed E-state index contributed by atoms with van der Waals surface area (Å²) in [5.41, 5.74) is 4.30. The standard InChI is InChI=1S/C16H13ClN2O2S2/c17-12-6-7-14-13(8-12)18-16(23-14)22-10-15(20)19-21-9-11-4-2-1-3-5-11/h1-8H,9-10H2,(H,19,20). The molecule has 0 radical (unpaired) electrons. The zero-order valence-electron chi connectivity index (χ0n) is 12.0. The zero-order valence-corrected chi connectivity index (χ0v) is 14.4. The lowest BCUT2D eigenvalue weighted by Gasteiger charge is -2.05. The van der Waals surface area contributed by atoms with Crippen molar-refractivity contribution in [1.82, 2.24) is 10.5 Å². The summed E-state index contributed by atoms with van der Waals surface area (Å²) in [5, 5.41) is 0.659. The van der Waals surface area contributed by atoms with Crippen LogP contribution >= 0.6 is 34.7 Å². The molecule has 0 atom stereocenters. The van der Waals surface area contributed by atoms with Gasteiger partial charge in [-0.3, -0.25) is 9.63 Å². The van der Waals surface area contributed by atoms with Crippen LogP contribution in [0.25, 0.3) is 10.2 Å². The molecule has 1 heterocycles. The Morgan fingerprint density at radius 3 is 2.91 bits per heavy atom. The number of nitrogens with one attached hydrogen (secondary N) is 1. The average Bonchev–Trinajstić information content (AvgIpc) is 2.96. The Morgan fingerprint density at radius 2 is 2.09 bits per heavy atom. The molecular formula is C16H13ClN2O2S2. The van der Waals surface area contributed by atoms with E-state index in [9.17, 15) is 4.79 Å². The average molecular weight is 365 g/mol. The van der Waals surface area contributed by atoms with Gasteiger partial charge in [-0.25, -0.2) is 10.5 Å². The lowest BCUT2D eigenvalue weighted by molar-refractivity contribution is -0.131. The second kappa shape index (κ2) is 7.79. The Morgan fingerprint density at radius 1 is 1.26 bits per heavy atom. The van der Waals surface area contributed by atoms with Gasteiger partial charge < -0.3 is 0 Å². The summed E-state index contributed by atoms with van der Waals surface area (Å²) in [5.74, 6) is 0.0609. The zero-order chi connectivity index (χ0) is 16.1. The smallest absolute Gasteiger partial charge is 0.253 e. The summed E-state index contributed by atoms with van der Waals surface area (Å²) >= 11 is 8.86. The van der Waals surface area contributed by atoms with E-state index in [2.05, 4.69) is 10.5 Å². The van der Waals surface area contributed by atoms with Crippen LogP contribution in [0.4, 0.5) is 0 Å². The lowest BCUT2D eigenvalue weighted by Crippen LogP contribution is -2.25. The minimum atomic E-state index is -0.191.